The highest BCUT2D eigenvalue weighted by molar-refractivity contribution is 7.14. The number of carbonyl (C=O) groups is 3. The lowest BCUT2D eigenvalue weighted by Crippen LogP contribution is -2.47. The summed E-state index contributed by atoms with van der Waals surface area (Å²) in [5.41, 5.74) is 1.31. The summed E-state index contributed by atoms with van der Waals surface area (Å²) in [6.07, 6.45) is 8.52. The second-order valence-electron chi connectivity index (χ2n) is 8.07. The van der Waals surface area contributed by atoms with E-state index in [2.05, 4.69) is 0 Å². The Hall–Kier alpha value is -1.89. The number of piperidine rings is 1. The van der Waals surface area contributed by atoms with Crippen molar-refractivity contribution in [2.45, 2.75) is 58.3 Å². The maximum absolute atomic E-state index is 12.9. The Bertz CT molecular complexity index is 720. The minimum atomic E-state index is -0.259. The summed E-state index contributed by atoms with van der Waals surface area (Å²) in [6, 6.07) is 2.03. The van der Waals surface area contributed by atoms with Crippen LogP contribution >= 0.6 is 11.3 Å². The van der Waals surface area contributed by atoms with Crippen LogP contribution in [0.25, 0.3) is 0 Å². The number of nitrogens with zero attached hydrogens (tertiary/aromatic N) is 2. The summed E-state index contributed by atoms with van der Waals surface area (Å²) in [5.74, 6) is -0.685. The van der Waals surface area contributed by atoms with Crippen LogP contribution in [0.5, 0.6) is 0 Å². The van der Waals surface area contributed by atoms with Crippen molar-refractivity contribution in [2.75, 3.05) is 33.3 Å². The highest BCUT2D eigenvalue weighted by Gasteiger charge is 2.30. The zero-order valence-corrected chi connectivity index (χ0v) is 18.4. The molecule has 0 radical (unpaired) electrons. The SMILES string of the molecule is CCOC(=O)C1CCCN(C(=O)CN(C)C(=O)c2cc3c(s2)CCCCCC3)C1. The molecule has 1 aromatic rings. The second-order valence-corrected chi connectivity index (χ2v) is 9.20. The number of aryl methyl sites for hydroxylation is 2. The molecule has 7 heteroatoms. The third-order valence-corrected chi connectivity index (χ3v) is 7.05. The van der Waals surface area contributed by atoms with Crippen LogP contribution < -0.4 is 0 Å². The van der Waals surface area contributed by atoms with Crippen LogP contribution in [-0.2, 0) is 27.2 Å². The first-order valence-electron chi connectivity index (χ1n) is 10.8. The third kappa shape index (κ3) is 5.59. The molecule has 160 valence electrons. The van der Waals surface area contributed by atoms with Crippen molar-refractivity contribution < 1.29 is 19.1 Å². The van der Waals surface area contributed by atoms with E-state index in [-0.39, 0.29) is 30.2 Å². The third-order valence-electron chi connectivity index (χ3n) is 5.82. The van der Waals surface area contributed by atoms with E-state index in [1.807, 2.05) is 6.07 Å². The molecule has 1 aliphatic carbocycles. The number of amides is 2. The van der Waals surface area contributed by atoms with E-state index in [0.29, 0.717) is 19.7 Å². The first-order chi connectivity index (χ1) is 14.0. The van der Waals surface area contributed by atoms with Crippen molar-refractivity contribution in [3.8, 4) is 0 Å². The number of hydrogen-bond acceptors (Lipinski definition) is 5. The smallest absolute Gasteiger partial charge is 0.310 e. The van der Waals surface area contributed by atoms with Crippen molar-refractivity contribution in [1.82, 2.24) is 9.80 Å². The summed E-state index contributed by atoms with van der Waals surface area (Å²) in [5, 5.41) is 0. The zero-order chi connectivity index (χ0) is 20.8. The average molecular weight is 421 g/mol. The highest BCUT2D eigenvalue weighted by atomic mass is 32.1. The van der Waals surface area contributed by atoms with Gasteiger partial charge in [-0.15, -0.1) is 11.3 Å². The second kappa shape index (κ2) is 10.2. The van der Waals surface area contributed by atoms with Gasteiger partial charge in [0.05, 0.1) is 23.9 Å². The van der Waals surface area contributed by atoms with Crippen molar-refractivity contribution in [1.29, 1.82) is 0 Å². The van der Waals surface area contributed by atoms with E-state index in [1.165, 1.54) is 41.0 Å². The Morgan fingerprint density at radius 3 is 2.69 bits per heavy atom. The molecule has 1 fully saturated rings. The van der Waals surface area contributed by atoms with E-state index in [9.17, 15) is 14.4 Å². The van der Waals surface area contributed by atoms with Gasteiger partial charge < -0.3 is 14.5 Å². The number of ether oxygens (including phenoxy) is 1. The normalized spacial score (nSPS) is 19.7. The summed E-state index contributed by atoms with van der Waals surface area (Å²) < 4.78 is 5.10. The van der Waals surface area contributed by atoms with Crippen LogP contribution in [0.15, 0.2) is 6.07 Å². The molecule has 1 aromatic heterocycles. The van der Waals surface area contributed by atoms with Gasteiger partial charge in [-0.1, -0.05) is 12.8 Å². The molecule has 1 unspecified atom stereocenters. The molecule has 2 heterocycles. The topological polar surface area (TPSA) is 66.9 Å². The van der Waals surface area contributed by atoms with E-state index in [4.69, 9.17) is 4.74 Å². The summed E-state index contributed by atoms with van der Waals surface area (Å²) in [6.45, 7) is 3.19. The van der Waals surface area contributed by atoms with Crippen LogP contribution in [0.4, 0.5) is 0 Å². The minimum absolute atomic E-state index is 0.0386. The van der Waals surface area contributed by atoms with Crippen molar-refractivity contribution in [3.63, 3.8) is 0 Å². The van der Waals surface area contributed by atoms with Gasteiger partial charge in [-0.05, 0) is 57.1 Å². The molecule has 1 atom stereocenters. The molecule has 0 saturated carbocycles. The Labute approximate surface area is 177 Å². The number of carbonyl (C=O) groups excluding carboxylic acids is 3. The lowest BCUT2D eigenvalue weighted by Gasteiger charge is -2.32. The summed E-state index contributed by atoms with van der Waals surface area (Å²) in [4.78, 5) is 42.9. The van der Waals surface area contributed by atoms with Crippen molar-refractivity contribution in [3.05, 3.63) is 21.4 Å². The van der Waals surface area contributed by atoms with Gasteiger partial charge in [0.2, 0.25) is 5.91 Å². The molecular formula is C22H32N2O4S. The molecule has 2 amide bonds. The van der Waals surface area contributed by atoms with Crippen molar-refractivity contribution in [2.24, 2.45) is 5.92 Å². The van der Waals surface area contributed by atoms with E-state index in [0.717, 1.165) is 30.6 Å². The van der Waals surface area contributed by atoms with Crippen LogP contribution in [0.2, 0.25) is 0 Å². The number of fused-ring (bicyclic) bond motifs is 1. The number of likely N-dealkylation sites (N-methyl/N-ethyl adjacent to an activating group) is 1. The predicted molar refractivity (Wildman–Crippen MR) is 113 cm³/mol. The molecule has 6 nitrogen and oxygen atoms in total. The van der Waals surface area contributed by atoms with E-state index in [1.54, 1.807) is 30.2 Å². The quantitative estimate of drug-likeness (QED) is 0.686. The first kappa shape index (κ1) is 21.8. The van der Waals surface area contributed by atoms with E-state index < -0.39 is 0 Å². The molecule has 29 heavy (non-hydrogen) atoms. The molecule has 0 bridgehead atoms. The summed E-state index contributed by atoms with van der Waals surface area (Å²) >= 11 is 1.59. The Morgan fingerprint density at radius 2 is 1.93 bits per heavy atom. The molecule has 0 N–H and O–H groups in total. The molecule has 0 spiro atoms. The van der Waals surface area contributed by atoms with Gasteiger partial charge in [-0.3, -0.25) is 14.4 Å². The van der Waals surface area contributed by atoms with E-state index >= 15 is 0 Å². The van der Waals surface area contributed by atoms with Gasteiger partial charge in [0.15, 0.2) is 0 Å². The van der Waals surface area contributed by atoms with Crippen LogP contribution in [0.3, 0.4) is 0 Å². The maximum atomic E-state index is 12.9. The minimum Gasteiger partial charge on any atom is -0.466 e. The number of rotatable bonds is 5. The molecule has 1 saturated heterocycles. The van der Waals surface area contributed by atoms with Gasteiger partial charge in [0, 0.05) is 25.0 Å². The maximum Gasteiger partial charge on any atom is 0.310 e. The fraction of sp³-hybridized carbons (Fsp3) is 0.682. The first-order valence-corrected chi connectivity index (χ1v) is 11.6. The fourth-order valence-corrected chi connectivity index (χ4v) is 5.42. The van der Waals surface area contributed by atoms with Crippen LogP contribution in [0, 0.1) is 5.92 Å². The summed E-state index contributed by atoms with van der Waals surface area (Å²) in [7, 11) is 1.68. The van der Waals surface area contributed by atoms with Crippen LogP contribution in [-0.4, -0.2) is 60.9 Å². The van der Waals surface area contributed by atoms with Gasteiger partial charge in [0.1, 0.15) is 0 Å². The average Bonchev–Trinajstić information content (AvgIpc) is 3.09. The molecule has 2 aliphatic rings. The lowest BCUT2D eigenvalue weighted by molar-refractivity contribution is -0.151. The molecule has 1 aliphatic heterocycles. The Kier molecular flexibility index (Phi) is 7.70. The molecule has 0 aromatic carbocycles. The Morgan fingerprint density at radius 1 is 1.17 bits per heavy atom. The van der Waals surface area contributed by atoms with Crippen LogP contribution in [0.1, 0.15) is 65.6 Å². The number of likely N-dealkylation sites (tertiary alicyclic amines) is 1. The van der Waals surface area contributed by atoms with Gasteiger partial charge >= 0.3 is 5.97 Å². The largest absolute Gasteiger partial charge is 0.466 e. The Balaban J connectivity index is 1.58. The molecular weight excluding hydrogens is 388 g/mol. The highest BCUT2D eigenvalue weighted by Crippen LogP contribution is 2.29. The number of hydrogen-bond donors (Lipinski definition) is 0. The number of esters is 1. The lowest BCUT2D eigenvalue weighted by atomic mass is 9.98. The number of thiophene rings is 1. The fourth-order valence-electron chi connectivity index (χ4n) is 4.17. The van der Waals surface area contributed by atoms with Gasteiger partial charge in [-0.2, -0.15) is 0 Å². The standard InChI is InChI=1S/C22H32N2O4S/c1-3-28-22(27)17-10-8-12-24(14-17)20(25)15-23(2)21(26)19-13-16-9-6-4-5-7-11-18(16)29-19/h13,17H,3-12,14-15H2,1-2H3. The van der Waals surface area contributed by atoms with Gasteiger partial charge in [-0.25, -0.2) is 0 Å². The zero-order valence-electron chi connectivity index (χ0n) is 17.6. The van der Waals surface area contributed by atoms with Crippen molar-refractivity contribution >= 4 is 29.1 Å². The molecule has 3 rings (SSSR count). The predicted octanol–water partition coefficient (Wildman–Crippen LogP) is 3.28. The monoisotopic (exact) mass is 420 g/mol. The van der Waals surface area contributed by atoms with Gasteiger partial charge in [0.25, 0.3) is 5.91 Å².